The van der Waals surface area contributed by atoms with Gasteiger partial charge >= 0.3 is 0 Å². The molecule has 0 unspecified atom stereocenters. The molecule has 0 bridgehead atoms. The molecule has 0 N–H and O–H groups in total. The van der Waals surface area contributed by atoms with Crippen LogP contribution in [0.25, 0.3) is 10.6 Å². The van der Waals surface area contributed by atoms with Gasteiger partial charge in [-0.15, -0.1) is 11.3 Å². The summed E-state index contributed by atoms with van der Waals surface area (Å²) in [7, 11) is 0. The van der Waals surface area contributed by atoms with Crippen molar-refractivity contribution in [2.24, 2.45) is 0 Å². The zero-order valence-electron chi connectivity index (χ0n) is 8.98. The molecule has 0 amide bonds. The molecule has 2 aromatic rings. The summed E-state index contributed by atoms with van der Waals surface area (Å²) in [5, 5.41) is 6.42. The monoisotopic (exact) mass is 298 g/mol. The van der Waals surface area contributed by atoms with E-state index in [2.05, 4.69) is 21.0 Å². The number of nitrogens with zero attached hydrogens (tertiary/aromatic N) is 2. The molecule has 0 saturated heterocycles. The number of rotatable bonds is 3. The third-order valence-electron chi connectivity index (χ3n) is 2.22. The first-order valence-electron chi connectivity index (χ1n) is 4.90. The summed E-state index contributed by atoms with van der Waals surface area (Å²) in [4.78, 5) is 12.0. The van der Waals surface area contributed by atoms with E-state index in [9.17, 15) is 4.79 Å². The molecule has 3 nitrogen and oxygen atoms in total. The quantitative estimate of drug-likeness (QED) is 0.809. The highest BCUT2D eigenvalue weighted by Gasteiger charge is 2.13. The van der Waals surface area contributed by atoms with Crippen LogP contribution >= 0.6 is 27.3 Å². The molecule has 0 radical (unpaired) electrons. The summed E-state index contributed by atoms with van der Waals surface area (Å²) < 4.78 is 2.83. The minimum atomic E-state index is 0.260. The lowest BCUT2D eigenvalue weighted by Gasteiger charge is -2.02. The first-order valence-corrected chi connectivity index (χ1v) is 6.58. The van der Waals surface area contributed by atoms with Gasteiger partial charge in [0.1, 0.15) is 5.69 Å². The molecular formula is C11H11BrN2OS. The molecule has 0 aliphatic rings. The van der Waals surface area contributed by atoms with Gasteiger partial charge in [0.05, 0.1) is 10.4 Å². The predicted molar refractivity (Wildman–Crippen MR) is 69.0 cm³/mol. The smallest absolute Gasteiger partial charge is 0.153 e. The lowest BCUT2D eigenvalue weighted by Crippen LogP contribution is -2.00. The van der Waals surface area contributed by atoms with Crippen LogP contribution in [0.15, 0.2) is 22.1 Å². The number of aldehydes is 1. The van der Waals surface area contributed by atoms with Crippen LogP contribution in [0, 0.1) is 0 Å². The summed E-state index contributed by atoms with van der Waals surface area (Å²) in [5.41, 5.74) is 1.41. The average molecular weight is 299 g/mol. The van der Waals surface area contributed by atoms with Crippen LogP contribution in [0.3, 0.4) is 0 Å². The Hall–Kier alpha value is -0.940. The number of thiophene rings is 1. The molecule has 0 aromatic carbocycles. The van der Waals surface area contributed by atoms with Crippen molar-refractivity contribution < 1.29 is 4.79 Å². The summed E-state index contributed by atoms with van der Waals surface area (Å²) in [6.07, 6.45) is 2.65. The molecule has 2 heterocycles. The fourth-order valence-electron chi connectivity index (χ4n) is 1.39. The normalized spacial score (nSPS) is 11.0. The Morgan fingerprint density at radius 3 is 2.81 bits per heavy atom. The lowest BCUT2D eigenvalue weighted by atomic mass is 10.2. The van der Waals surface area contributed by atoms with Gasteiger partial charge in [0, 0.05) is 22.1 Å². The van der Waals surface area contributed by atoms with Crippen molar-refractivity contribution in [2.45, 2.75) is 19.9 Å². The molecule has 2 aromatic heterocycles. The fraction of sp³-hybridized carbons (Fsp3) is 0.273. The third-order valence-corrected chi connectivity index (χ3v) is 3.91. The number of aromatic nitrogens is 2. The second-order valence-corrected chi connectivity index (χ2v) is 5.58. The first kappa shape index (κ1) is 11.5. The number of hydrogen-bond acceptors (Lipinski definition) is 3. The van der Waals surface area contributed by atoms with E-state index in [0.717, 1.165) is 21.3 Å². The van der Waals surface area contributed by atoms with Crippen molar-refractivity contribution in [3.05, 3.63) is 27.7 Å². The van der Waals surface area contributed by atoms with Gasteiger partial charge in [-0.25, -0.2) is 0 Å². The standard InChI is InChI=1S/C11H11BrN2OS/c1-7(2)14-4-8(5-15)11(13-14)10-3-9(12)6-16-10/h3-7H,1-2H3. The van der Waals surface area contributed by atoms with E-state index >= 15 is 0 Å². The molecular weight excluding hydrogens is 288 g/mol. The second-order valence-electron chi connectivity index (χ2n) is 3.75. The Balaban J connectivity index is 2.51. The van der Waals surface area contributed by atoms with E-state index in [1.165, 1.54) is 0 Å². The van der Waals surface area contributed by atoms with Gasteiger partial charge in [0.15, 0.2) is 6.29 Å². The topological polar surface area (TPSA) is 34.9 Å². The van der Waals surface area contributed by atoms with Crippen LogP contribution in [0.2, 0.25) is 0 Å². The Labute approximate surface area is 106 Å². The summed E-state index contributed by atoms with van der Waals surface area (Å²) in [5.74, 6) is 0. The molecule has 0 aliphatic heterocycles. The van der Waals surface area contributed by atoms with Gasteiger partial charge in [-0.3, -0.25) is 9.48 Å². The number of halogens is 1. The predicted octanol–water partition coefficient (Wildman–Crippen LogP) is 3.77. The molecule has 2 rings (SSSR count). The Bertz CT molecular complexity index is 516. The fourth-order valence-corrected chi connectivity index (χ4v) is 2.82. The van der Waals surface area contributed by atoms with Crippen LogP contribution in [0.4, 0.5) is 0 Å². The van der Waals surface area contributed by atoms with Crippen molar-refractivity contribution in [1.29, 1.82) is 0 Å². The van der Waals surface area contributed by atoms with Crippen LogP contribution < -0.4 is 0 Å². The van der Waals surface area contributed by atoms with Crippen molar-refractivity contribution in [1.82, 2.24) is 9.78 Å². The molecule has 16 heavy (non-hydrogen) atoms. The van der Waals surface area contributed by atoms with E-state index in [1.807, 2.05) is 30.0 Å². The molecule has 0 fully saturated rings. The van der Waals surface area contributed by atoms with Crippen molar-refractivity contribution in [3.63, 3.8) is 0 Å². The summed E-state index contributed by atoms with van der Waals surface area (Å²) >= 11 is 4.97. The maximum Gasteiger partial charge on any atom is 0.153 e. The third kappa shape index (κ3) is 2.10. The molecule has 0 atom stereocenters. The van der Waals surface area contributed by atoms with Gasteiger partial charge in [0.2, 0.25) is 0 Å². The second kappa shape index (κ2) is 4.51. The van der Waals surface area contributed by atoms with Crippen molar-refractivity contribution >= 4 is 33.6 Å². The van der Waals surface area contributed by atoms with E-state index < -0.39 is 0 Å². The highest BCUT2D eigenvalue weighted by molar-refractivity contribution is 9.10. The number of carbonyl (C=O) groups is 1. The first-order chi connectivity index (χ1) is 7.61. The van der Waals surface area contributed by atoms with E-state index in [0.29, 0.717) is 5.56 Å². The maximum atomic E-state index is 11.0. The Morgan fingerprint density at radius 2 is 2.31 bits per heavy atom. The molecule has 84 valence electrons. The number of carbonyl (C=O) groups excluding carboxylic acids is 1. The van der Waals surface area contributed by atoms with E-state index in [-0.39, 0.29) is 6.04 Å². The van der Waals surface area contributed by atoms with Crippen LogP contribution in [-0.2, 0) is 0 Å². The van der Waals surface area contributed by atoms with Crippen molar-refractivity contribution in [2.75, 3.05) is 0 Å². The van der Waals surface area contributed by atoms with Crippen LogP contribution in [0.5, 0.6) is 0 Å². The minimum Gasteiger partial charge on any atom is -0.298 e. The van der Waals surface area contributed by atoms with Gasteiger partial charge in [-0.1, -0.05) is 0 Å². The maximum absolute atomic E-state index is 11.0. The minimum absolute atomic E-state index is 0.260. The number of hydrogen-bond donors (Lipinski definition) is 0. The van der Waals surface area contributed by atoms with Crippen LogP contribution in [-0.4, -0.2) is 16.1 Å². The van der Waals surface area contributed by atoms with Gasteiger partial charge in [-0.05, 0) is 35.8 Å². The van der Waals surface area contributed by atoms with Crippen LogP contribution in [0.1, 0.15) is 30.2 Å². The van der Waals surface area contributed by atoms with E-state index in [4.69, 9.17) is 0 Å². The summed E-state index contributed by atoms with van der Waals surface area (Å²) in [6.45, 7) is 4.07. The highest BCUT2D eigenvalue weighted by Crippen LogP contribution is 2.30. The van der Waals surface area contributed by atoms with Crippen molar-refractivity contribution in [3.8, 4) is 10.6 Å². The molecule has 0 spiro atoms. The van der Waals surface area contributed by atoms with E-state index in [1.54, 1.807) is 17.5 Å². The zero-order valence-corrected chi connectivity index (χ0v) is 11.4. The molecule has 5 heteroatoms. The van der Waals surface area contributed by atoms with Gasteiger partial charge < -0.3 is 0 Å². The highest BCUT2D eigenvalue weighted by atomic mass is 79.9. The van der Waals surface area contributed by atoms with Gasteiger partial charge in [0.25, 0.3) is 0 Å². The summed E-state index contributed by atoms with van der Waals surface area (Å²) in [6, 6.07) is 2.24. The Morgan fingerprint density at radius 1 is 1.56 bits per heavy atom. The Kier molecular flexibility index (Phi) is 3.25. The molecule has 0 aliphatic carbocycles. The molecule has 0 saturated carbocycles. The largest absolute Gasteiger partial charge is 0.298 e. The average Bonchev–Trinajstić information content (AvgIpc) is 2.82. The van der Waals surface area contributed by atoms with Gasteiger partial charge in [-0.2, -0.15) is 5.10 Å². The zero-order chi connectivity index (χ0) is 11.7. The lowest BCUT2D eigenvalue weighted by molar-refractivity contribution is 0.112. The SMILES string of the molecule is CC(C)n1cc(C=O)c(-c2cc(Br)cs2)n1.